The molecule has 2 aliphatic rings. The number of hydrogen-bond acceptors (Lipinski definition) is 3. The number of nitrogens with one attached hydrogen (secondary N) is 1. The molecule has 0 radical (unpaired) electrons. The van der Waals surface area contributed by atoms with Crippen LogP contribution in [-0.2, 0) is 14.4 Å². The summed E-state index contributed by atoms with van der Waals surface area (Å²) in [5.41, 5.74) is -0.239. The van der Waals surface area contributed by atoms with E-state index in [1.165, 1.54) is 0 Å². The average Bonchev–Trinajstić information content (AvgIpc) is 2.90. The Morgan fingerprint density at radius 3 is 2.33 bits per heavy atom. The number of carbonyl (C=O) groups is 3. The Labute approximate surface area is 144 Å². The normalized spacial score (nSPS) is 22.8. The molecule has 2 rings (SSSR count). The van der Waals surface area contributed by atoms with Crippen molar-refractivity contribution in [1.29, 1.82) is 0 Å². The van der Waals surface area contributed by atoms with Crippen LogP contribution in [0.5, 0.6) is 0 Å². The molecule has 0 aliphatic carbocycles. The first-order valence-electron chi connectivity index (χ1n) is 9.11. The van der Waals surface area contributed by atoms with Crippen LogP contribution in [0.1, 0.15) is 59.8 Å². The van der Waals surface area contributed by atoms with Crippen LogP contribution in [0.2, 0.25) is 0 Å². The monoisotopic (exact) mass is 337 g/mol. The molecular formula is C18H31N3O3. The molecule has 136 valence electrons. The van der Waals surface area contributed by atoms with Crippen molar-refractivity contribution in [3.63, 3.8) is 0 Å². The summed E-state index contributed by atoms with van der Waals surface area (Å²) < 4.78 is 0. The molecule has 2 aliphatic heterocycles. The molecule has 24 heavy (non-hydrogen) atoms. The smallest absolute Gasteiger partial charge is 0.225 e. The molecule has 0 bridgehead atoms. The molecule has 2 heterocycles. The summed E-state index contributed by atoms with van der Waals surface area (Å²) in [6, 6.07) is 0.113. The van der Waals surface area contributed by atoms with E-state index >= 15 is 0 Å². The Morgan fingerprint density at radius 1 is 1.21 bits per heavy atom. The minimum atomic E-state index is -0.253. The van der Waals surface area contributed by atoms with Crippen LogP contribution in [0.3, 0.4) is 0 Å². The van der Waals surface area contributed by atoms with E-state index in [9.17, 15) is 14.4 Å². The average molecular weight is 337 g/mol. The second-order valence-electron chi connectivity index (χ2n) is 7.99. The van der Waals surface area contributed by atoms with E-state index < -0.39 is 0 Å². The molecule has 6 heteroatoms. The largest absolute Gasteiger partial charge is 0.353 e. The van der Waals surface area contributed by atoms with Crippen molar-refractivity contribution in [2.45, 2.75) is 71.4 Å². The minimum absolute atomic E-state index is 0.0200. The highest BCUT2D eigenvalue weighted by Crippen LogP contribution is 2.26. The first-order valence-corrected chi connectivity index (χ1v) is 9.11. The molecule has 0 spiro atoms. The van der Waals surface area contributed by atoms with Gasteiger partial charge in [-0.15, -0.1) is 0 Å². The van der Waals surface area contributed by atoms with Gasteiger partial charge in [0, 0.05) is 44.1 Å². The third kappa shape index (κ3) is 4.48. The molecule has 2 saturated heterocycles. The van der Waals surface area contributed by atoms with Crippen molar-refractivity contribution >= 4 is 17.7 Å². The molecule has 3 amide bonds. The van der Waals surface area contributed by atoms with E-state index in [-0.39, 0.29) is 35.2 Å². The van der Waals surface area contributed by atoms with Gasteiger partial charge in [0.05, 0.1) is 5.92 Å². The van der Waals surface area contributed by atoms with Gasteiger partial charge in [-0.2, -0.15) is 0 Å². The van der Waals surface area contributed by atoms with E-state index in [4.69, 9.17) is 0 Å². The lowest BCUT2D eigenvalue weighted by Gasteiger charge is -2.33. The van der Waals surface area contributed by atoms with E-state index in [0.717, 1.165) is 19.3 Å². The summed E-state index contributed by atoms with van der Waals surface area (Å²) in [5, 5.41) is 3.09. The zero-order valence-corrected chi connectivity index (χ0v) is 15.4. The van der Waals surface area contributed by atoms with Gasteiger partial charge in [0.25, 0.3) is 0 Å². The molecule has 2 fully saturated rings. The molecule has 0 aromatic rings. The fourth-order valence-electron chi connectivity index (χ4n) is 3.50. The number of likely N-dealkylation sites (tertiary alicyclic amines) is 2. The third-order valence-electron chi connectivity index (χ3n) is 4.96. The second-order valence-corrected chi connectivity index (χ2v) is 7.99. The van der Waals surface area contributed by atoms with E-state index in [1.807, 2.05) is 32.6 Å². The molecule has 0 aromatic carbocycles. The highest BCUT2D eigenvalue weighted by molar-refractivity contribution is 5.89. The number of piperidine rings is 1. The van der Waals surface area contributed by atoms with Gasteiger partial charge < -0.3 is 15.1 Å². The lowest BCUT2D eigenvalue weighted by atomic mass is 10.0. The number of amides is 3. The first kappa shape index (κ1) is 18.7. The Morgan fingerprint density at radius 2 is 1.83 bits per heavy atom. The van der Waals surface area contributed by atoms with Crippen LogP contribution in [0, 0.1) is 5.92 Å². The molecule has 1 unspecified atom stereocenters. The quantitative estimate of drug-likeness (QED) is 0.846. The van der Waals surface area contributed by atoms with Crippen molar-refractivity contribution in [3.8, 4) is 0 Å². The fourth-order valence-corrected chi connectivity index (χ4v) is 3.50. The molecule has 1 N–H and O–H groups in total. The van der Waals surface area contributed by atoms with Crippen LogP contribution in [0.15, 0.2) is 0 Å². The number of rotatable bonds is 4. The maximum atomic E-state index is 12.5. The van der Waals surface area contributed by atoms with Crippen molar-refractivity contribution in [2.75, 3.05) is 19.6 Å². The van der Waals surface area contributed by atoms with Crippen LogP contribution in [-0.4, -0.2) is 58.7 Å². The third-order valence-corrected chi connectivity index (χ3v) is 4.96. The van der Waals surface area contributed by atoms with Gasteiger partial charge >= 0.3 is 0 Å². The predicted octanol–water partition coefficient (Wildman–Crippen LogP) is 1.54. The summed E-state index contributed by atoms with van der Waals surface area (Å²) in [5.74, 6) is -0.00275. The fraction of sp³-hybridized carbons (Fsp3) is 0.833. The van der Waals surface area contributed by atoms with Crippen LogP contribution in [0.25, 0.3) is 0 Å². The summed E-state index contributed by atoms with van der Waals surface area (Å²) in [6.07, 6.45) is 3.37. The standard InChI is InChI=1S/C18H31N3O3/c1-5-6-15(22)20-9-7-14(8-10-20)19-17(24)13-11-16(23)21(12-13)18(2,3)4/h13-14H,5-12H2,1-4H3,(H,19,24). The minimum Gasteiger partial charge on any atom is -0.353 e. The van der Waals surface area contributed by atoms with Gasteiger partial charge in [0.1, 0.15) is 0 Å². The van der Waals surface area contributed by atoms with Gasteiger partial charge in [-0.3, -0.25) is 14.4 Å². The van der Waals surface area contributed by atoms with Gasteiger partial charge in [0.2, 0.25) is 17.7 Å². The molecule has 0 saturated carbocycles. The molecule has 6 nitrogen and oxygen atoms in total. The Hall–Kier alpha value is -1.59. The summed E-state index contributed by atoms with van der Waals surface area (Å²) in [4.78, 5) is 40.2. The maximum Gasteiger partial charge on any atom is 0.225 e. The highest BCUT2D eigenvalue weighted by Gasteiger charge is 2.40. The summed E-state index contributed by atoms with van der Waals surface area (Å²) in [7, 11) is 0. The van der Waals surface area contributed by atoms with Gasteiger partial charge in [-0.05, 0) is 40.0 Å². The molecule has 1 atom stereocenters. The van der Waals surface area contributed by atoms with E-state index in [1.54, 1.807) is 4.90 Å². The van der Waals surface area contributed by atoms with Crippen molar-refractivity contribution in [1.82, 2.24) is 15.1 Å². The lowest BCUT2D eigenvalue weighted by Crippen LogP contribution is -2.48. The van der Waals surface area contributed by atoms with Gasteiger partial charge in [0.15, 0.2) is 0 Å². The topological polar surface area (TPSA) is 69.7 Å². The van der Waals surface area contributed by atoms with Gasteiger partial charge in [-0.25, -0.2) is 0 Å². The van der Waals surface area contributed by atoms with Crippen LogP contribution < -0.4 is 5.32 Å². The van der Waals surface area contributed by atoms with Crippen LogP contribution in [0.4, 0.5) is 0 Å². The van der Waals surface area contributed by atoms with Crippen molar-refractivity contribution in [3.05, 3.63) is 0 Å². The number of carbonyl (C=O) groups excluding carboxylic acids is 3. The Bertz CT molecular complexity index is 490. The Balaban J connectivity index is 1.80. The van der Waals surface area contributed by atoms with E-state index in [0.29, 0.717) is 32.5 Å². The second kappa shape index (κ2) is 7.53. The van der Waals surface area contributed by atoms with Gasteiger partial charge in [-0.1, -0.05) is 6.92 Å². The molecule has 0 aromatic heterocycles. The SMILES string of the molecule is CCCC(=O)N1CCC(NC(=O)C2CC(=O)N(C(C)(C)C)C2)CC1. The van der Waals surface area contributed by atoms with Crippen molar-refractivity contribution in [2.24, 2.45) is 5.92 Å². The maximum absolute atomic E-state index is 12.5. The predicted molar refractivity (Wildman–Crippen MR) is 92.2 cm³/mol. The van der Waals surface area contributed by atoms with E-state index in [2.05, 4.69) is 5.32 Å². The highest BCUT2D eigenvalue weighted by atomic mass is 16.2. The Kier molecular flexibility index (Phi) is 5.88. The summed E-state index contributed by atoms with van der Waals surface area (Å²) in [6.45, 7) is 9.91. The summed E-state index contributed by atoms with van der Waals surface area (Å²) >= 11 is 0. The zero-order valence-electron chi connectivity index (χ0n) is 15.4. The lowest BCUT2D eigenvalue weighted by molar-refractivity contribution is -0.133. The van der Waals surface area contributed by atoms with Crippen LogP contribution >= 0.6 is 0 Å². The molecular weight excluding hydrogens is 306 g/mol. The first-order chi connectivity index (χ1) is 11.2. The number of nitrogens with zero attached hydrogens (tertiary/aromatic N) is 2. The number of hydrogen-bond donors (Lipinski definition) is 1. The van der Waals surface area contributed by atoms with Crippen molar-refractivity contribution < 1.29 is 14.4 Å². The zero-order chi connectivity index (χ0) is 17.9.